The molecular weight excluding hydrogens is 476 g/mol. The van der Waals surface area contributed by atoms with Crippen molar-refractivity contribution in [1.29, 1.82) is 0 Å². The minimum Gasteiger partial charge on any atom is -0.444 e. The highest BCUT2D eigenvalue weighted by Gasteiger charge is 2.35. The van der Waals surface area contributed by atoms with Crippen molar-refractivity contribution in [3.05, 3.63) is 86.7 Å². The highest BCUT2D eigenvalue weighted by atomic mass is 79.9. The predicted molar refractivity (Wildman–Crippen MR) is 109 cm³/mol. The number of fused-ring (bicyclic) bond motifs is 1. The normalized spacial score (nSPS) is 16.4. The molecule has 0 unspecified atom stereocenters. The SMILES string of the molecule is O=C1CN(C(=O)c2ccc(Br)o2)[C@@H](c2ccccc2)c2cc(Br)ccc2N1. The largest absolute Gasteiger partial charge is 0.444 e. The van der Waals surface area contributed by atoms with Gasteiger partial charge in [0.05, 0.1) is 6.04 Å². The maximum Gasteiger partial charge on any atom is 0.290 e. The summed E-state index contributed by atoms with van der Waals surface area (Å²) in [6, 6.07) is 18.1. The zero-order valence-corrected chi connectivity index (χ0v) is 17.2. The molecule has 27 heavy (non-hydrogen) atoms. The topological polar surface area (TPSA) is 62.6 Å². The molecule has 0 aliphatic carbocycles. The summed E-state index contributed by atoms with van der Waals surface area (Å²) in [5.74, 6) is -0.428. The summed E-state index contributed by atoms with van der Waals surface area (Å²) >= 11 is 6.72. The van der Waals surface area contributed by atoms with Gasteiger partial charge in [-0.2, -0.15) is 0 Å². The highest BCUT2D eigenvalue weighted by molar-refractivity contribution is 9.10. The molecule has 5 nitrogen and oxygen atoms in total. The van der Waals surface area contributed by atoms with Gasteiger partial charge in [0.1, 0.15) is 6.54 Å². The van der Waals surface area contributed by atoms with Crippen molar-refractivity contribution in [3.8, 4) is 0 Å². The van der Waals surface area contributed by atoms with Crippen LogP contribution in [0.1, 0.15) is 27.7 Å². The molecule has 1 atom stereocenters. The first-order valence-corrected chi connectivity index (χ1v) is 9.82. The third-order valence-electron chi connectivity index (χ3n) is 4.37. The highest BCUT2D eigenvalue weighted by Crippen LogP contribution is 2.38. The van der Waals surface area contributed by atoms with Gasteiger partial charge in [-0.3, -0.25) is 9.59 Å². The van der Waals surface area contributed by atoms with E-state index in [0.717, 1.165) is 15.6 Å². The number of nitrogens with zero attached hydrogens (tertiary/aromatic N) is 1. The van der Waals surface area contributed by atoms with Gasteiger partial charge in [-0.05, 0) is 51.8 Å². The van der Waals surface area contributed by atoms with Gasteiger partial charge in [0.2, 0.25) is 5.91 Å². The number of furan rings is 1. The number of carbonyl (C=O) groups is 2. The van der Waals surface area contributed by atoms with Crippen molar-refractivity contribution >= 4 is 49.4 Å². The lowest BCUT2D eigenvalue weighted by molar-refractivity contribution is -0.117. The van der Waals surface area contributed by atoms with Gasteiger partial charge in [-0.1, -0.05) is 46.3 Å². The van der Waals surface area contributed by atoms with E-state index in [9.17, 15) is 9.59 Å². The first-order chi connectivity index (χ1) is 13.0. The summed E-state index contributed by atoms with van der Waals surface area (Å²) in [6.07, 6.45) is 0. The molecule has 136 valence electrons. The lowest BCUT2D eigenvalue weighted by Gasteiger charge is -2.30. The second kappa shape index (κ2) is 7.32. The number of anilines is 1. The van der Waals surface area contributed by atoms with E-state index in [0.29, 0.717) is 10.4 Å². The number of carbonyl (C=O) groups excluding carboxylic acids is 2. The molecule has 0 saturated heterocycles. The standard InChI is InChI=1S/C20H14Br2N2O3/c21-13-6-7-15-14(10-13)19(12-4-2-1-3-5-12)24(11-18(25)23-15)20(26)16-8-9-17(22)27-16/h1-10,19H,11H2,(H,23,25)/t19-/m0/s1. The first-order valence-electron chi connectivity index (χ1n) is 8.23. The summed E-state index contributed by atoms with van der Waals surface area (Å²) in [5.41, 5.74) is 2.43. The van der Waals surface area contributed by atoms with Crippen LogP contribution in [0.3, 0.4) is 0 Å². The van der Waals surface area contributed by atoms with Gasteiger partial charge in [-0.25, -0.2) is 0 Å². The van der Waals surface area contributed by atoms with Crippen molar-refractivity contribution < 1.29 is 14.0 Å². The molecule has 4 rings (SSSR count). The molecule has 0 radical (unpaired) electrons. The third kappa shape index (κ3) is 3.57. The Morgan fingerprint density at radius 1 is 1.07 bits per heavy atom. The zero-order valence-electron chi connectivity index (χ0n) is 14.0. The summed E-state index contributed by atoms with van der Waals surface area (Å²) in [6.45, 7) is -0.0803. The number of halogens is 2. The van der Waals surface area contributed by atoms with E-state index in [4.69, 9.17) is 4.42 Å². The molecular formula is C20H14Br2N2O3. The number of amides is 2. The van der Waals surface area contributed by atoms with Crippen LogP contribution in [0.5, 0.6) is 0 Å². The maximum atomic E-state index is 13.2. The Balaban J connectivity index is 1.89. The monoisotopic (exact) mass is 488 g/mol. The summed E-state index contributed by atoms with van der Waals surface area (Å²) < 4.78 is 6.78. The third-order valence-corrected chi connectivity index (χ3v) is 5.29. The molecule has 2 amide bonds. The fraction of sp³-hybridized carbons (Fsp3) is 0.100. The molecule has 0 fully saturated rings. The van der Waals surface area contributed by atoms with E-state index in [-0.39, 0.29) is 24.1 Å². The summed E-state index contributed by atoms with van der Waals surface area (Å²) in [7, 11) is 0. The molecule has 1 aliphatic rings. The average Bonchev–Trinajstić information content (AvgIpc) is 3.03. The Morgan fingerprint density at radius 3 is 2.56 bits per heavy atom. The van der Waals surface area contributed by atoms with Crippen LogP contribution >= 0.6 is 31.9 Å². The molecule has 3 aromatic rings. The molecule has 0 bridgehead atoms. The van der Waals surface area contributed by atoms with Crippen LogP contribution in [0.15, 0.2) is 74.2 Å². The van der Waals surface area contributed by atoms with Gasteiger partial charge >= 0.3 is 0 Å². The Bertz CT molecular complexity index is 1020. The number of benzene rings is 2. The fourth-order valence-electron chi connectivity index (χ4n) is 3.23. The summed E-state index contributed by atoms with van der Waals surface area (Å²) in [4.78, 5) is 27.2. The smallest absolute Gasteiger partial charge is 0.290 e. The van der Waals surface area contributed by atoms with Gasteiger partial charge in [0.25, 0.3) is 5.91 Å². The molecule has 2 heterocycles. The van der Waals surface area contributed by atoms with E-state index < -0.39 is 6.04 Å². The Hall–Kier alpha value is -2.38. The maximum absolute atomic E-state index is 13.2. The van der Waals surface area contributed by atoms with Crippen molar-refractivity contribution in [2.24, 2.45) is 0 Å². The average molecular weight is 490 g/mol. The number of nitrogens with one attached hydrogen (secondary N) is 1. The molecule has 1 aliphatic heterocycles. The van der Waals surface area contributed by atoms with Crippen LogP contribution in [0.2, 0.25) is 0 Å². The van der Waals surface area contributed by atoms with Gasteiger partial charge < -0.3 is 14.6 Å². The molecule has 1 N–H and O–H groups in total. The lowest BCUT2D eigenvalue weighted by Crippen LogP contribution is -2.38. The van der Waals surface area contributed by atoms with E-state index in [1.807, 2.05) is 48.5 Å². The van der Waals surface area contributed by atoms with Crippen LogP contribution in [0, 0.1) is 0 Å². The van der Waals surface area contributed by atoms with Gasteiger partial charge in [0, 0.05) is 15.7 Å². The van der Waals surface area contributed by atoms with E-state index >= 15 is 0 Å². The molecule has 7 heteroatoms. The Morgan fingerprint density at radius 2 is 1.85 bits per heavy atom. The van der Waals surface area contributed by atoms with E-state index in [1.54, 1.807) is 12.1 Å². The zero-order chi connectivity index (χ0) is 19.0. The lowest BCUT2D eigenvalue weighted by atomic mass is 9.95. The van der Waals surface area contributed by atoms with Crippen LogP contribution in [0.25, 0.3) is 0 Å². The minimum absolute atomic E-state index is 0.0803. The Kier molecular flexibility index (Phi) is 4.88. The molecule has 0 spiro atoms. The predicted octanol–water partition coefficient (Wildman–Crippen LogP) is 4.99. The van der Waals surface area contributed by atoms with Crippen molar-refractivity contribution in [2.45, 2.75) is 6.04 Å². The first kappa shape index (κ1) is 18.0. The number of rotatable bonds is 2. The molecule has 0 saturated carbocycles. The van der Waals surface area contributed by atoms with Crippen LogP contribution in [-0.2, 0) is 4.79 Å². The number of hydrogen-bond acceptors (Lipinski definition) is 3. The van der Waals surface area contributed by atoms with E-state index in [1.165, 1.54) is 4.90 Å². The van der Waals surface area contributed by atoms with Gasteiger partial charge in [-0.15, -0.1) is 0 Å². The fourth-order valence-corrected chi connectivity index (χ4v) is 3.92. The van der Waals surface area contributed by atoms with Crippen LogP contribution in [0.4, 0.5) is 5.69 Å². The Labute approximate surface area is 172 Å². The van der Waals surface area contributed by atoms with Gasteiger partial charge in [0.15, 0.2) is 10.4 Å². The van der Waals surface area contributed by atoms with E-state index in [2.05, 4.69) is 37.2 Å². The van der Waals surface area contributed by atoms with Crippen molar-refractivity contribution in [1.82, 2.24) is 4.90 Å². The molecule has 2 aromatic carbocycles. The summed E-state index contributed by atoms with van der Waals surface area (Å²) in [5, 5.41) is 2.90. The van der Waals surface area contributed by atoms with Crippen molar-refractivity contribution in [3.63, 3.8) is 0 Å². The van der Waals surface area contributed by atoms with Crippen LogP contribution in [-0.4, -0.2) is 23.3 Å². The minimum atomic E-state index is -0.436. The molecule has 1 aromatic heterocycles. The second-order valence-corrected chi connectivity index (χ2v) is 7.83. The van der Waals surface area contributed by atoms with Crippen molar-refractivity contribution in [2.75, 3.05) is 11.9 Å². The second-order valence-electron chi connectivity index (χ2n) is 6.13. The quantitative estimate of drug-likeness (QED) is 0.551. The number of hydrogen-bond donors (Lipinski definition) is 1. The van der Waals surface area contributed by atoms with Crippen LogP contribution < -0.4 is 5.32 Å².